The lowest BCUT2D eigenvalue weighted by molar-refractivity contribution is -0.0376. The Balaban J connectivity index is 2.56. The summed E-state index contributed by atoms with van der Waals surface area (Å²) in [5, 5.41) is 9.66. The number of carbonyl (C=O) groups excluding carboxylic acids is 1. The van der Waals surface area contributed by atoms with Gasteiger partial charge in [0.1, 0.15) is 5.60 Å². The first-order valence-electron chi connectivity index (χ1n) is 6.42. The normalized spacial score (nSPS) is 21.6. The van der Waals surface area contributed by atoms with E-state index in [1.807, 2.05) is 20.8 Å². The van der Waals surface area contributed by atoms with Gasteiger partial charge < -0.3 is 14.7 Å². The highest BCUT2D eigenvalue weighted by Crippen LogP contribution is 2.35. The Hall–Kier alpha value is -0.840. The molecule has 0 aromatic rings. The van der Waals surface area contributed by atoms with Crippen molar-refractivity contribution in [3.8, 4) is 0 Å². The van der Waals surface area contributed by atoms with Crippen LogP contribution in [0.3, 0.4) is 0 Å². The van der Waals surface area contributed by atoms with Gasteiger partial charge in [-0.05, 0) is 40.5 Å². The highest BCUT2D eigenvalue weighted by Gasteiger charge is 2.40. The van der Waals surface area contributed by atoms with E-state index in [2.05, 4.69) is 0 Å². The number of piperidine rings is 1. The number of carbonyl (C=O) groups is 1. The molecule has 1 unspecified atom stereocenters. The van der Waals surface area contributed by atoms with Crippen molar-refractivity contribution < 1.29 is 19.0 Å². The summed E-state index contributed by atoms with van der Waals surface area (Å²) in [6, 6.07) is 0. The third-order valence-electron chi connectivity index (χ3n) is 3.56. The second-order valence-corrected chi connectivity index (χ2v) is 6.14. The summed E-state index contributed by atoms with van der Waals surface area (Å²) in [5.41, 5.74) is -1.21. The molecule has 0 aromatic carbocycles. The van der Waals surface area contributed by atoms with Crippen LogP contribution in [-0.2, 0) is 4.74 Å². The van der Waals surface area contributed by atoms with Crippen LogP contribution in [0.25, 0.3) is 0 Å². The molecule has 0 aliphatic carbocycles. The van der Waals surface area contributed by atoms with E-state index in [1.165, 1.54) is 0 Å². The van der Waals surface area contributed by atoms with Gasteiger partial charge in [-0.2, -0.15) is 0 Å². The molecule has 1 atom stereocenters. The number of alkyl halides is 1. The minimum atomic E-state index is -0.696. The van der Waals surface area contributed by atoms with Crippen LogP contribution >= 0.6 is 0 Å². The van der Waals surface area contributed by atoms with Crippen LogP contribution in [0.4, 0.5) is 9.18 Å². The average molecular weight is 261 g/mol. The van der Waals surface area contributed by atoms with Gasteiger partial charge >= 0.3 is 6.09 Å². The van der Waals surface area contributed by atoms with Gasteiger partial charge in [-0.25, -0.2) is 4.79 Å². The number of nitrogens with zero attached hydrogens (tertiary/aromatic N) is 1. The van der Waals surface area contributed by atoms with Crippen molar-refractivity contribution in [2.24, 2.45) is 5.41 Å². The Morgan fingerprint density at radius 3 is 2.28 bits per heavy atom. The standard InChI is InChI=1S/C13H24FNO3/c1-10(16)13(9-14)5-7-15(8-6-13)11(17)18-12(2,3)4/h10,16H,5-9H2,1-4H3. The third-order valence-corrected chi connectivity index (χ3v) is 3.56. The first-order valence-corrected chi connectivity index (χ1v) is 6.42. The number of amides is 1. The molecule has 1 aliphatic rings. The average Bonchev–Trinajstić information content (AvgIpc) is 2.26. The quantitative estimate of drug-likeness (QED) is 0.830. The highest BCUT2D eigenvalue weighted by atomic mass is 19.1. The van der Waals surface area contributed by atoms with Gasteiger partial charge in [-0.1, -0.05) is 0 Å². The first-order chi connectivity index (χ1) is 8.20. The van der Waals surface area contributed by atoms with Crippen molar-refractivity contribution >= 4 is 6.09 Å². The van der Waals surface area contributed by atoms with Crippen LogP contribution in [-0.4, -0.2) is 47.6 Å². The Morgan fingerprint density at radius 2 is 1.94 bits per heavy atom. The van der Waals surface area contributed by atoms with E-state index >= 15 is 0 Å². The molecular formula is C13H24FNO3. The molecule has 1 fully saturated rings. The second-order valence-electron chi connectivity index (χ2n) is 6.14. The van der Waals surface area contributed by atoms with Gasteiger partial charge in [-0.3, -0.25) is 4.39 Å². The fraction of sp³-hybridized carbons (Fsp3) is 0.923. The summed E-state index contributed by atoms with van der Waals surface area (Å²) in [4.78, 5) is 13.4. The van der Waals surface area contributed by atoms with Crippen LogP contribution < -0.4 is 0 Å². The Morgan fingerprint density at radius 1 is 1.44 bits per heavy atom. The maximum atomic E-state index is 13.1. The topological polar surface area (TPSA) is 49.8 Å². The van der Waals surface area contributed by atoms with Crippen LogP contribution in [0.5, 0.6) is 0 Å². The lowest BCUT2D eigenvalue weighted by atomic mass is 9.75. The van der Waals surface area contributed by atoms with Crippen molar-refractivity contribution in [2.75, 3.05) is 19.8 Å². The molecule has 0 spiro atoms. The maximum Gasteiger partial charge on any atom is 0.410 e. The molecule has 0 saturated carbocycles. The molecule has 18 heavy (non-hydrogen) atoms. The molecular weight excluding hydrogens is 237 g/mol. The van der Waals surface area contributed by atoms with Crippen LogP contribution in [0.2, 0.25) is 0 Å². The first kappa shape index (κ1) is 15.2. The van der Waals surface area contributed by atoms with Crippen LogP contribution in [0, 0.1) is 5.41 Å². The van der Waals surface area contributed by atoms with E-state index in [9.17, 15) is 14.3 Å². The predicted molar refractivity (Wildman–Crippen MR) is 67.1 cm³/mol. The van der Waals surface area contributed by atoms with Gasteiger partial charge in [0.25, 0.3) is 0 Å². The lowest BCUT2D eigenvalue weighted by Crippen LogP contribution is -2.49. The second kappa shape index (κ2) is 5.43. The van der Waals surface area contributed by atoms with E-state index in [-0.39, 0.29) is 6.09 Å². The van der Waals surface area contributed by atoms with Crippen molar-refractivity contribution in [1.29, 1.82) is 0 Å². The summed E-state index contributed by atoms with van der Waals surface area (Å²) < 4.78 is 18.4. The molecule has 0 aromatic heterocycles. The number of likely N-dealkylation sites (tertiary alicyclic amines) is 1. The minimum Gasteiger partial charge on any atom is -0.444 e. The largest absolute Gasteiger partial charge is 0.444 e. The van der Waals surface area contributed by atoms with E-state index in [0.717, 1.165) is 0 Å². The van der Waals surface area contributed by atoms with Gasteiger partial charge in [0.05, 0.1) is 12.8 Å². The van der Waals surface area contributed by atoms with Gasteiger partial charge in [0.2, 0.25) is 0 Å². The number of hydrogen-bond acceptors (Lipinski definition) is 3. The number of aliphatic hydroxyl groups is 1. The number of ether oxygens (including phenoxy) is 1. The molecule has 0 bridgehead atoms. The number of hydrogen-bond donors (Lipinski definition) is 1. The molecule has 1 aliphatic heterocycles. The predicted octanol–water partition coefficient (Wildman–Crippen LogP) is 2.35. The van der Waals surface area contributed by atoms with Crippen molar-refractivity contribution in [2.45, 2.75) is 52.2 Å². The van der Waals surface area contributed by atoms with Gasteiger partial charge in [-0.15, -0.1) is 0 Å². The zero-order valence-electron chi connectivity index (χ0n) is 11.7. The van der Waals surface area contributed by atoms with Gasteiger partial charge in [0.15, 0.2) is 0 Å². The SMILES string of the molecule is CC(O)C1(CF)CCN(C(=O)OC(C)(C)C)CC1. The molecule has 1 amide bonds. The molecule has 1 N–H and O–H groups in total. The molecule has 106 valence electrons. The molecule has 1 saturated heterocycles. The fourth-order valence-electron chi connectivity index (χ4n) is 2.12. The number of halogens is 1. The monoisotopic (exact) mass is 261 g/mol. The van der Waals surface area contributed by atoms with E-state index in [0.29, 0.717) is 25.9 Å². The third kappa shape index (κ3) is 3.57. The van der Waals surface area contributed by atoms with Crippen LogP contribution in [0.1, 0.15) is 40.5 Å². The maximum absolute atomic E-state index is 13.1. The van der Waals surface area contributed by atoms with Crippen molar-refractivity contribution in [3.05, 3.63) is 0 Å². The van der Waals surface area contributed by atoms with Gasteiger partial charge in [0, 0.05) is 18.5 Å². The van der Waals surface area contributed by atoms with Crippen molar-refractivity contribution in [1.82, 2.24) is 4.90 Å². The Kier molecular flexibility index (Phi) is 4.59. The van der Waals surface area contributed by atoms with E-state index in [4.69, 9.17) is 4.74 Å². The molecule has 1 rings (SSSR count). The lowest BCUT2D eigenvalue weighted by Gasteiger charge is -2.42. The van der Waals surface area contributed by atoms with Crippen LogP contribution in [0.15, 0.2) is 0 Å². The summed E-state index contributed by atoms with van der Waals surface area (Å²) in [7, 11) is 0. The smallest absolute Gasteiger partial charge is 0.410 e. The summed E-state index contributed by atoms with van der Waals surface area (Å²) in [5.74, 6) is 0. The van der Waals surface area contributed by atoms with Crippen molar-refractivity contribution in [3.63, 3.8) is 0 Å². The molecule has 1 heterocycles. The summed E-state index contributed by atoms with van der Waals surface area (Å²) >= 11 is 0. The zero-order valence-corrected chi connectivity index (χ0v) is 11.7. The van der Waals surface area contributed by atoms with E-state index in [1.54, 1.807) is 11.8 Å². The summed E-state index contributed by atoms with van der Waals surface area (Å²) in [6.45, 7) is 7.38. The number of aliphatic hydroxyl groups excluding tert-OH is 1. The fourth-order valence-corrected chi connectivity index (χ4v) is 2.12. The number of rotatable bonds is 2. The molecule has 5 heteroatoms. The molecule has 4 nitrogen and oxygen atoms in total. The highest BCUT2D eigenvalue weighted by molar-refractivity contribution is 5.68. The molecule has 0 radical (unpaired) electrons. The Labute approximate surface area is 108 Å². The zero-order chi connectivity index (χ0) is 14.0. The summed E-state index contributed by atoms with van der Waals surface area (Å²) in [6.07, 6.45) is -0.107. The minimum absolute atomic E-state index is 0.361. The van der Waals surface area contributed by atoms with E-state index < -0.39 is 23.8 Å². The Bertz CT molecular complexity index is 291.